The summed E-state index contributed by atoms with van der Waals surface area (Å²) in [6.07, 6.45) is 1.06. The molecule has 0 amide bonds. The Labute approximate surface area is 97.4 Å². The molecule has 1 saturated heterocycles. The summed E-state index contributed by atoms with van der Waals surface area (Å²) in [7, 11) is 0. The largest absolute Gasteiger partial charge is 0.480 e. The molecule has 4 heteroatoms. The predicted molar refractivity (Wildman–Crippen MR) is 62.5 cm³/mol. The van der Waals surface area contributed by atoms with Crippen LogP contribution in [0.15, 0.2) is 0 Å². The van der Waals surface area contributed by atoms with Gasteiger partial charge in [0.2, 0.25) is 0 Å². The van der Waals surface area contributed by atoms with Crippen molar-refractivity contribution in [1.82, 2.24) is 5.32 Å². The van der Waals surface area contributed by atoms with Crippen molar-refractivity contribution in [3.8, 4) is 0 Å². The highest BCUT2D eigenvalue weighted by Gasteiger charge is 2.46. The second-order valence-corrected chi connectivity index (χ2v) is 5.70. The molecule has 1 rings (SSSR count). The summed E-state index contributed by atoms with van der Waals surface area (Å²) in [6.45, 7) is 9.27. The third-order valence-corrected chi connectivity index (χ3v) is 3.01. The summed E-state index contributed by atoms with van der Waals surface area (Å²) < 4.78 is 5.57. The Morgan fingerprint density at radius 2 is 2.12 bits per heavy atom. The van der Waals surface area contributed by atoms with E-state index in [0.29, 0.717) is 25.4 Å². The lowest BCUT2D eigenvalue weighted by molar-refractivity contribution is -0.158. The van der Waals surface area contributed by atoms with Crippen LogP contribution in [-0.2, 0) is 9.53 Å². The van der Waals surface area contributed by atoms with Crippen LogP contribution in [0.2, 0.25) is 0 Å². The van der Waals surface area contributed by atoms with Gasteiger partial charge in [0.1, 0.15) is 5.54 Å². The van der Waals surface area contributed by atoms with Crippen LogP contribution < -0.4 is 5.32 Å². The first-order valence-electron chi connectivity index (χ1n) is 5.90. The molecule has 16 heavy (non-hydrogen) atoms. The monoisotopic (exact) mass is 229 g/mol. The molecule has 0 saturated carbocycles. The van der Waals surface area contributed by atoms with Crippen LogP contribution in [0.4, 0.5) is 0 Å². The first-order chi connectivity index (χ1) is 7.27. The molecule has 4 nitrogen and oxygen atoms in total. The van der Waals surface area contributed by atoms with Crippen molar-refractivity contribution >= 4 is 5.97 Å². The van der Waals surface area contributed by atoms with Crippen LogP contribution in [0, 0.1) is 5.92 Å². The molecule has 0 bridgehead atoms. The van der Waals surface area contributed by atoms with Crippen molar-refractivity contribution in [1.29, 1.82) is 0 Å². The zero-order valence-corrected chi connectivity index (χ0v) is 10.7. The first kappa shape index (κ1) is 13.5. The summed E-state index contributed by atoms with van der Waals surface area (Å²) >= 11 is 0. The molecule has 1 aliphatic rings. The molecule has 1 atom stereocenters. The van der Waals surface area contributed by atoms with E-state index in [1.165, 1.54) is 0 Å². The van der Waals surface area contributed by atoms with E-state index >= 15 is 0 Å². The van der Waals surface area contributed by atoms with Crippen molar-refractivity contribution in [3.63, 3.8) is 0 Å². The summed E-state index contributed by atoms with van der Waals surface area (Å²) in [6, 6.07) is 0. The van der Waals surface area contributed by atoms with Gasteiger partial charge in [0.15, 0.2) is 0 Å². The van der Waals surface area contributed by atoms with Gasteiger partial charge in [-0.3, -0.25) is 4.79 Å². The summed E-state index contributed by atoms with van der Waals surface area (Å²) in [4.78, 5) is 11.5. The van der Waals surface area contributed by atoms with Crippen molar-refractivity contribution < 1.29 is 14.6 Å². The zero-order chi connectivity index (χ0) is 12.4. The van der Waals surface area contributed by atoms with E-state index in [1.807, 2.05) is 13.8 Å². The Bertz CT molecular complexity index is 263. The number of carboxylic acid groups (broad SMARTS) is 1. The maximum absolute atomic E-state index is 11.5. The predicted octanol–water partition coefficient (Wildman–Crippen LogP) is 1.64. The van der Waals surface area contributed by atoms with Crippen molar-refractivity contribution in [3.05, 3.63) is 0 Å². The number of carbonyl (C=O) groups is 1. The van der Waals surface area contributed by atoms with Gasteiger partial charge < -0.3 is 15.2 Å². The van der Waals surface area contributed by atoms with E-state index in [4.69, 9.17) is 4.74 Å². The van der Waals surface area contributed by atoms with E-state index in [0.717, 1.165) is 6.54 Å². The van der Waals surface area contributed by atoms with Gasteiger partial charge in [0.05, 0.1) is 5.60 Å². The Balaban J connectivity index is 2.76. The number of ether oxygens (including phenoxy) is 1. The number of aliphatic carboxylic acids is 1. The molecular weight excluding hydrogens is 206 g/mol. The summed E-state index contributed by atoms with van der Waals surface area (Å²) in [5.41, 5.74) is -1.17. The fraction of sp³-hybridized carbons (Fsp3) is 0.917. The van der Waals surface area contributed by atoms with E-state index in [1.54, 1.807) is 0 Å². The van der Waals surface area contributed by atoms with E-state index in [9.17, 15) is 9.90 Å². The van der Waals surface area contributed by atoms with Crippen LogP contribution in [0.1, 0.15) is 40.5 Å². The minimum Gasteiger partial charge on any atom is -0.480 e. The molecule has 0 radical (unpaired) electrons. The lowest BCUT2D eigenvalue weighted by Gasteiger charge is -2.43. The van der Waals surface area contributed by atoms with Crippen molar-refractivity contribution in [2.75, 3.05) is 13.2 Å². The topological polar surface area (TPSA) is 58.6 Å². The standard InChI is InChI=1S/C12H23NO3/c1-9(2)7-13-12(10(14)15)5-6-16-11(3,4)8-12/h9,13H,5-8H2,1-4H3,(H,14,15). The smallest absolute Gasteiger partial charge is 0.324 e. The normalized spacial score (nSPS) is 29.3. The van der Waals surface area contributed by atoms with Gasteiger partial charge in [0, 0.05) is 13.0 Å². The quantitative estimate of drug-likeness (QED) is 0.769. The third-order valence-electron chi connectivity index (χ3n) is 3.01. The van der Waals surface area contributed by atoms with Gasteiger partial charge in [-0.2, -0.15) is 0 Å². The van der Waals surface area contributed by atoms with Crippen molar-refractivity contribution in [2.45, 2.75) is 51.7 Å². The SMILES string of the molecule is CC(C)CNC1(C(=O)O)CCOC(C)(C)C1. The van der Waals surface area contributed by atoms with Gasteiger partial charge >= 0.3 is 5.97 Å². The number of carboxylic acids is 1. The van der Waals surface area contributed by atoms with Crippen LogP contribution in [0.3, 0.4) is 0 Å². The number of hydrogen-bond donors (Lipinski definition) is 2. The Morgan fingerprint density at radius 3 is 2.56 bits per heavy atom. The van der Waals surface area contributed by atoms with Gasteiger partial charge in [-0.1, -0.05) is 13.8 Å². The van der Waals surface area contributed by atoms with Crippen LogP contribution in [-0.4, -0.2) is 35.4 Å². The fourth-order valence-corrected chi connectivity index (χ4v) is 2.18. The van der Waals surface area contributed by atoms with Gasteiger partial charge in [0.25, 0.3) is 0 Å². The highest BCUT2D eigenvalue weighted by molar-refractivity contribution is 5.79. The molecule has 0 aromatic carbocycles. The Kier molecular flexibility index (Phi) is 3.97. The lowest BCUT2D eigenvalue weighted by atomic mass is 9.81. The molecule has 94 valence electrons. The Morgan fingerprint density at radius 1 is 1.50 bits per heavy atom. The third kappa shape index (κ3) is 3.19. The highest BCUT2D eigenvalue weighted by atomic mass is 16.5. The second kappa shape index (κ2) is 4.72. The first-order valence-corrected chi connectivity index (χ1v) is 5.90. The van der Waals surface area contributed by atoms with Crippen LogP contribution in [0.5, 0.6) is 0 Å². The molecule has 0 aromatic heterocycles. The summed E-state index contributed by atoms with van der Waals surface area (Å²) in [5.74, 6) is -0.313. The second-order valence-electron chi connectivity index (χ2n) is 5.70. The molecule has 1 unspecified atom stereocenters. The summed E-state index contributed by atoms with van der Waals surface area (Å²) in [5, 5.41) is 12.6. The zero-order valence-electron chi connectivity index (χ0n) is 10.7. The highest BCUT2D eigenvalue weighted by Crippen LogP contribution is 2.32. The average Bonchev–Trinajstić information content (AvgIpc) is 2.13. The maximum Gasteiger partial charge on any atom is 0.324 e. The van der Waals surface area contributed by atoms with Gasteiger partial charge in [-0.05, 0) is 32.7 Å². The lowest BCUT2D eigenvalue weighted by Crippen LogP contribution is -2.60. The van der Waals surface area contributed by atoms with Crippen LogP contribution in [0.25, 0.3) is 0 Å². The maximum atomic E-state index is 11.5. The molecular formula is C12H23NO3. The van der Waals surface area contributed by atoms with Gasteiger partial charge in [-0.25, -0.2) is 0 Å². The van der Waals surface area contributed by atoms with Crippen LogP contribution >= 0.6 is 0 Å². The van der Waals surface area contributed by atoms with E-state index in [2.05, 4.69) is 19.2 Å². The average molecular weight is 229 g/mol. The number of hydrogen-bond acceptors (Lipinski definition) is 3. The molecule has 0 spiro atoms. The molecule has 1 heterocycles. The van der Waals surface area contributed by atoms with E-state index < -0.39 is 11.5 Å². The minimum atomic E-state index is -0.813. The molecule has 0 aromatic rings. The fourth-order valence-electron chi connectivity index (χ4n) is 2.18. The number of nitrogens with one attached hydrogen (secondary N) is 1. The van der Waals surface area contributed by atoms with Gasteiger partial charge in [-0.15, -0.1) is 0 Å². The van der Waals surface area contributed by atoms with Crippen molar-refractivity contribution in [2.24, 2.45) is 5.92 Å². The minimum absolute atomic E-state index is 0.360. The molecule has 1 fully saturated rings. The molecule has 2 N–H and O–H groups in total. The Hall–Kier alpha value is -0.610. The molecule has 1 aliphatic heterocycles. The number of rotatable bonds is 4. The molecule has 0 aliphatic carbocycles. The van der Waals surface area contributed by atoms with E-state index in [-0.39, 0.29) is 5.60 Å².